The number of benzene rings is 2. The molecule has 23 heavy (non-hydrogen) atoms. The summed E-state index contributed by atoms with van der Waals surface area (Å²) in [5.74, 6) is 0.0822. The summed E-state index contributed by atoms with van der Waals surface area (Å²) >= 11 is 1.60. The average molecular weight is 326 g/mol. The van der Waals surface area contributed by atoms with Gasteiger partial charge in [0, 0.05) is 17.5 Å². The van der Waals surface area contributed by atoms with Gasteiger partial charge in [-0.2, -0.15) is 0 Å². The fourth-order valence-electron chi connectivity index (χ4n) is 2.78. The van der Waals surface area contributed by atoms with Gasteiger partial charge in [0.1, 0.15) is 5.25 Å². The van der Waals surface area contributed by atoms with E-state index in [-0.39, 0.29) is 11.2 Å². The molecule has 2 atom stereocenters. The fourth-order valence-corrected chi connectivity index (χ4v) is 3.85. The van der Waals surface area contributed by atoms with E-state index in [4.69, 9.17) is 0 Å². The monoisotopic (exact) mass is 326 g/mol. The molecule has 2 aromatic carbocycles. The molecule has 3 rings (SSSR count). The molecule has 1 aliphatic heterocycles. The van der Waals surface area contributed by atoms with Crippen molar-refractivity contribution in [2.24, 2.45) is 0 Å². The van der Waals surface area contributed by atoms with Crippen LogP contribution in [0.3, 0.4) is 0 Å². The van der Waals surface area contributed by atoms with Crippen molar-refractivity contribution in [3.63, 3.8) is 0 Å². The molecule has 3 nitrogen and oxygen atoms in total. The van der Waals surface area contributed by atoms with Crippen LogP contribution < -0.4 is 10.6 Å². The minimum atomic E-state index is -0.222. The van der Waals surface area contributed by atoms with E-state index in [1.165, 1.54) is 6.42 Å². The Balaban J connectivity index is 1.70. The maximum atomic E-state index is 12.7. The molecule has 1 fully saturated rings. The van der Waals surface area contributed by atoms with Gasteiger partial charge in [-0.05, 0) is 37.1 Å². The van der Waals surface area contributed by atoms with Crippen LogP contribution in [0.1, 0.15) is 23.7 Å². The molecule has 2 aromatic rings. The first-order valence-corrected chi connectivity index (χ1v) is 8.98. The maximum Gasteiger partial charge on any atom is 0.238 e. The highest BCUT2D eigenvalue weighted by Gasteiger charge is 2.23. The van der Waals surface area contributed by atoms with Crippen molar-refractivity contribution in [3.05, 3.63) is 66.2 Å². The molecule has 1 saturated heterocycles. The van der Waals surface area contributed by atoms with E-state index in [0.29, 0.717) is 12.6 Å². The van der Waals surface area contributed by atoms with Crippen molar-refractivity contribution in [2.75, 3.05) is 13.1 Å². The minimum Gasteiger partial charge on any atom is -0.353 e. The lowest BCUT2D eigenvalue weighted by atomic mass is 10.1. The summed E-state index contributed by atoms with van der Waals surface area (Å²) in [7, 11) is 0. The van der Waals surface area contributed by atoms with Gasteiger partial charge in [0.25, 0.3) is 0 Å². The van der Waals surface area contributed by atoms with Crippen LogP contribution in [0.4, 0.5) is 0 Å². The molecular weight excluding hydrogens is 304 g/mol. The van der Waals surface area contributed by atoms with E-state index in [2.05, 4.69) is 10.6 Å². The van der Waals surface area contributed by atoms with E-state index in [1.807, 2.05) is 60.7 Å². The molecule has 0 radical (unpaired) electrons. The second kappa shape index (κ2) is 8.18. The van der Waals surface area contributed by atoms with Crippen LogP contribution in [0.2, 0.25) is 0 Å². The topological polar surface area (TPSA) is 41.1 Å². The normalized spacial score (nSPS) is 18.5. The molecule has 0 saturated carbocycles. The zero-order valence-corrected chi connectivity index (χ0v) is 13.9. The highest BCUT2D eigenvalue weighted by Crippen LogP contribution is 2.35. The Morgan fingerprint density at radius 3 is 2.48 bits per heavy atom. The van der Waals surface area contributed by atoms with Crippen LogP contribution in [0.15, 0.2) is 65.6 Å². The van der Waals surface area contributed by atoms with E-state index < -0.39 is 0 Å². The molecule has 0 aliphatic carbocycles. The van der Waals surface area contributed by atoms with Gasteiger partial charge in [-0.3, -0.25) is 4.79 Å². The number of amides is 1. The Morgan fingerprint density at radius 1 is 1.13 bits per heavy atom. The first-order valence-electron chi connectivity index (χ1n) is 8.10. The molecule has 1 heterocycles. The Labute approximate surface area is 141 Å². The van der Waals surface area contributed by atoms with Crippen LogP contribution in [0, 0.1) is 0 Å². The number of hydrogen-bond donors (Lipinski definition) is 2. The molecule has 2 N–H and O–H groups in total. The van der Waals surface area contributed by atoms with Gasteiger partial charge in [0.2, 0.25) is 5.91 Å². The quantitative estimate of drug-likeness (QED) is 0.800. The average Bonchev–Trinajstić information content (AvgIpc) is 3.13. The molecule has 1 aliphatic rings. The lowest BCUT2D eigenvalue weighted by Gasteiger charge is -2.19. The Morgan fingerprint density at radius 2 is 1.83 bits per heavy atom. The molecule has 0 spiro atoms. The Hall–Kier alpha value is -1.78. The first kappa shape index (κ1) is 16.1. The summed E-state index contributed by atoms with van der Waals surface area (Å²) in [5.41, 5.74) is 1.04. The third-order valence-corrected chi connectivity index (χ3v) is 5.29. The molecule has 1 amide bonds. The van der Waals surface area contributed by atoms with Crippen molar-refractivity contribution >= 4 is 17.7 Å². The van der Waals surface area contributed by atoms with Gasteiger partial charge < -0.3 is 10.6 Å². The summed E-state index contributed by atoms with van der Waals surface area (Å²) in [5, 5.41) is 6.32. The highest BCUT2D eigenvalue weighted by atomic mass is 32.2. The third-order valence-electron chi connectivity index (χ3n) is 4.02. The predicted octanol–water partition coefficient (Wildman–Crippen LogP) is 3.39. The molecule has 2 unspecified atom stereocenters. The predicted molar refractivity (Wildman–Crippen MR) is 95.5 cm³/mol. The zero-order chi connectivity index (χ0) is 15.9. The number of nitrogens with one attached hydrogen (secondary N) is 2. The van der Waals surface area contributed by atoms with Crippen molar-refractivity contribution in [1.29, 1.82) is 0 Å². The van der Waals surface area contributed by atoms with Crippen molar-refractivity contribution in [1.82, 2.24) is 10.6 Å². The highest BCUT2D eigenvalue weighted by molar-refractivity contribution is 8.00. The van der Waals surface area contributed by atoms with Crippen molar-refractivity contribution in [3.8, 4) is 0 Å². The molecule has 120 valence electrons. The number of thioether (sulfide) groups is 1. The lowest BCUT2D eigenvalue weighted by molar-refractivity contribution is -0.120. The number of rotatable bonds is 6. The molecule has 0 aromatic heterocycles. The zero-order valence-electron chi connectivity index (χ0n) is 13.1. The molecule has 0 bridgehead atoms. The van der Waals surface area contributed by atoms with Crippen molar-refractivity contribution in [2.45, 2.75) is 29.0 Å². The van der Waals surface area contributed by atoms with Gasteiger partial charge >= 0.3 is 0 Å². The SMILES string of the molecule is O=C(NCC1CCCN1)C(Sc1ccccc1)c1ccccc1. The van der Waals surface area contributed by atoms with Crippen LogP contribution in [-0.2, 0) is 4.79 Å². The van der Waals surface area contributed by atoms with Crippen LogP contribution >= 0.6 is 11.8 Å². The number of carbonyl (C=O) groups is 1. The summed E-state index contributed by atoms with van der Waals surface area (Å²) in [4.78, 5) is 13.9. The summed E-state index contributed by atoms with van der Waals surface area (Å²) in [6.45, 7) is 1.76. The number of carbonyl (C=O) groups excluding carboxylic acids is 1. The van der Waals surface area contributed by atoms with Gasteiger partial charge in [0.05, 0.1) is 0 Å². The summed E-state index contributed by atoms with van der Waals surface area (Å²) < 4.78 is 0. The van der Waals surface area contributed by atoms with Gasteiger partial charge in [-0.25, -0.2) is 0 Å². The Bertz CT molecular complexity index is 612. The van der Waals surface area contributed by atoms with E-state index in [0.717, 1.165) is 23.4 Å². The first-order chi connectivity index (χ1) is 11.3. The smallest absolute Gasteiger partial charge is 0.238 e. The van der Waals surface area contributed by atoms with Crippen molar-refractivity contribution < 1.29 is 4.79 Å². The summed E-state index contributed by atoms with van der Waals surface area (Å²) in [6, 6.07) is 20.5. The Kier molecular flexibility index (Phi) is 5.72. The fraction of sp³-hybridized carbons (Fsp3) is 0.316. The van der Waals surface area contributed by atoms with E-state index >= 15 is 0 Å². The number of hydrogen-bond acceptors (Lipinski definition) is 3. The standard InChI is InChI=1S/C19H22N2OS/c22-19(21-14-16-10-7-13-20-16)18(15-8-3-1-4-9-15)23-17-11-5-2-6-12-17/h1-6,8-9,11-12,16,18,20H,7,10,13-14H2,(H,21,22). The largest absolute Gasteiger partial charge is 0.353 e. The molecule has 4 heteroatoms. The van der Waals surface area contributed by atoms with Gasteiger partial charge in [-0.1, -0.05) is 48.5 Å². The third kappa shape index (κ3) is 4.60. The molecular formula is C19H22N2OS. The second-order valence-electron chi connectivity index (χ2n) is 5.76. The lowest BCUT2D eigenvalue weighted by Crippen LogP contribution is -2.38. The summed E-state index contributed by atoms with van der Waals surface area (Å²) in [6.07, 6.45) is 2.34. The van der Waals surface area contributed by atoms with Crippen LogP contribution in [-0.4, -0.2) is 25.0 Å². The van der Waals surface area contributed by atoms with E-state index in [9.17, 15) is 4.79 Å². The van der Waals surface area contributed by atoms with Crippen LogP contribution in [0.5, 0.6) is 0 Å². The van der Waals surface area contributed by atoms with E-state index in [1.54, 1.807) is 11.8 Å². The van der Waals surface area contributed by atoms with Crippen LogP contribution in [0.25, 0.3) is 0 Å². The van der Waals surface area contributed by atoms with Gasteiger partial charge in [-0.15, -0.1) is 11.8 Å². The maximum absolute atomic E-state index is 12.7. The van der Waals surface area contributed by atoms with Gasteiger partial charge in [0.15, 0.2) is 0 Å². The second-order valence-corrected chi connectivity index (χ2v) is 6.94. The minimum absolute atomic E-state index is 0.0822.